The Morgan fingerprint density at radius 2 is 2.08 bits per heavy atom. The van der Waals surface area contributed by atoms with E-state index < -0.39 is 5.97 Å². The summed E-state index contributed by atoms with van der Waals surface area (Å²) < 4.78 is 5.32. The van der Waals surface area contributed by atoms with E-state index in [-0.39, 0.29) is 24.9 Å². The van der Waals surface area contributed by atoms with Gasteiger partial charge in [-0.25, -0.2) is 0 Å². The fraction of sp³-hybridized carbons (Fsp3) is 0.444. The summed E-state index contributed by atoms with van der Waals surface area (Å²) in [6.45, 7) is 3.31. The second-order valence-corrected chi connectivity index (χ2v) is 6.27. The van der Waals surface area contributed by atoms with Gasteiger partial charge in [-0.3, -0.25) is 9.59 Å². The number of carboxylic acids is 1. The summed E-state index contributed by atoms with van der Waals surface area (Å²) in [5.41, 5.74) is 1.81. The topological polar surface area (TPSA) is 66.8 Å². The molecule has 1 aromatic rings. The molecule has 0 unspecified atom stereocenters. The van der Waals surface area contributed by atoms with Crippen LogP contribution in [0.1, 0.15) is 30.4 Å². The molecule has 1 saturated heterocycles. The second kappa shape index (κ2) is 8.85. The molecule has 0 saturated carbocycles. The maximum atomic E-state index is 12.6. The Bertz CT molecular complexity index is 623. The molecule has 1 aliphatic rings. The van der Waals surface area contributed by atoms with Crippen molar-refractivity contribution in [3.05, 3.63) is 40.4 Å². The van der Waals surface area contributed by atoms with Gasteiger partial charge >= 0.3 is 5.97 Å². The zero-order valence-corrected chi connectivity index (χ0v) is 14.5. The molecule has 0 radical (unpaired) electrons. The number of carbonyl (C=O) groups excluding carboxylic acids is 1. The van der Waals surface area contributed by atoms with E-state index in [2.05, 4.69) is 0 Å². The largest absolute Gasteiger partial charge is 0.481 e. The number of aryl methyl sites for hydroxylation is 1. The Labute approximate surface area is 146 Å². The summed E-state index contributed by atoms with van der Waals surface area (Å²) in [7, 11) is 0. The van der Waals surface area contributed by atoms with Crippen LogP contribution in [0.25, 0.3) is 6.08 Å². The SMILES string of the molecule is Cc1ccc(/C=C/C(=O)N(CCC(=O)O)C2CCOCC2)cc1Cl. The molecule has 6 heteroatoms. The number of nitrogens with zero attached hydrogens (tertiary/aromatic N) is 1. The first kappa shape index (κ1) is 18.5. The lowest BCUT2D eigenvalue weighted by Crippen LogP contribution is -2.43. The van der Waals surface area contributed by atoms with Gasteiger partial charge < -0.3 is 14.7 Å². The van der Waals surface area contributed by atoms with Crippen molar-refractivity contribution in [1.29, 1.82) is 0 Å². The molecule has 5 nitrogen and oxygen atoms in total. The molecular weight excluding hydrogens is 330 g/mol. The molecular formula is C18H22ClNO4. The number of aliphatic carboxylic acids is 1. The van der Waals surface area contributed by atoms with Crippen LogP contribution >= 0.6 is 11.6 Å². The van der Waals surface area contributed by atoms with Crippen LogP contribution in [0.5, 0.6) is 0 Å². The molecule has 1 fully saturated rings. The molecule has 1 heterocycles. The monoisotopic (exact) mass is 351 g/mol. The van der Waals surface area contributed by atoms with Gasteiger partial charge in [-0.1, -0.05) is 23.7 Å². The predicted octanol–water partition coefficient (Wildman–Crippen LogP) is 3.14. The van der Waals surface area contributed by atoms with Gasteiger partial charge in [0.05, 0.1) is 6.42 Å². The molecule has 1 aromatic carbocycles. The van der Waals surface area contributed by atoms with E-state index in [1.165, 1.54) is 6.08 Å². The first-order valence-corrected chi connectivity index (χ1v) is 8.39. The number of carbonyl (C=O) groups is 2. The van der Waals surface area contributed by atoms with Crippen LogP contribution in [0.2, 0.25) is 5.02 Å². The number of carboxylic acid groups (broad SMARTS) is 1. The smallest absolute Gasteiger partial charge is 0.305 e. The predicted molar refractivity (Wildman–Crippen MR) is 93.0 cm³/mol. The summed E-state index contributed by atoms with van der Waals surface area (Å²) in [5, 5.41) is 9.56. The molecule has 0 aliphatic carbocycles. The van der Waals surface area contributed by atoms with Crippen LogP contribution < -0.4 is 0 Å². The molecule has 0 spiro atoms. The molecule has 1 aliphatic heterocycles. The third-order valence-corrected chi connectivity index (χ3v) is 4.50. The minimum atomic E-state index is -0.908. The minimum Gasteiger partial charge on any atom is -0.481 e. The fourth-order valence-corrected chi connectivity index (χ4v) is 2.85. The van der Waals surface area contributed by atoms with Crippen molar-refractivity contribution < 1.29 is 19.4 Å². The molecule has 1 N–H and O–H groups in total. The molecule has 0 atom stereocenters. The van der Waals surface area contributed by atoms with Gasteiger partial charge in [0.15, 0.2) is 0 Å². The lowest BCUT2D eigenvalue weighted by atomic mass is 10.1. The molecule has 2 rings (SSSR count). The highest BCUT2D eigenvalue weighted by molar-refractivity contribution is 6.31. The van der Waals surface area contributed by atoms with Gasteiger partial charge in [0, 0.05) is 36.9 Å². The van der Waals surface area contributed by atoms with Crippen molar-refractivity contribution in [1.82, 2.24) is 4.90 Å². The van der Waals surface area contributed by atoms with E-state index >= 15 is 0 Å². The quantitative estimate of drug-likeness (QED) is 0.799. The van der Waals surface area contributed by atoms with Crippen LogP contribution in [0.3, 0.4) is 0 Å². The molecule has 130 valence electrons. The van der Waals surface area contributed by atoms with Gasteiger partial charge in [-0.15, -0.1) is 0 Å². The van der Waals surface area contributed by atoms with E-state index in [4.69, 9.17) is 21.4 Å². The number of halogens is 1. The summed E-state index contributed by atoms with van der Waals surface area (Å²) in [5.74, 6) is -1.09. The highest BCUT2D eigenvalue weighted by Crippen LogP contribution is 2.19. The zero-order chi connectivity index (χ0) is 17.5. The number of rotatable bonds is 6. The average molecular weight is 352 g/mol. The van der Waals surface area contributed by atoms with Crippen LogP contribution in [0, 0.1) is 6.92 Å². The molecule has 0 aromatic heterocycles. The average Bonchev–Trinajstić information content (AvgIpc) is 2.57. The Hall–Kier alpha value is -1.85. The highest BCUT2D eigenvalue weighted by atomic mass is 35.5. The summed E-state index contributed by atoms with van der Waals surface area (Å²) in [6.07, 6.45) is 4.59. The van der Waals surface area contributed by atoms with E-state index in [1.54, 1.807) is 17.0 Å². The summed E-state index contributed by atoms with van der Waals surface area (Å²) in [4.78, 5) is 25.1. The van der Waals surface area contributed by atoms with Crippen molar-refractivity contribution >= 4 is 29.6 Å². The maximum absolute atomic E-state index is 12.6. The summed E-state index contributed by atoms with van der Waals surface area (Å²) in [6, 6.07) is 5.61. The van der Waals surface area contributed by atoms with Crippen molar-refractivity contribution in [2.75, 3.05) is 19.8 Å². The Morgan fingerprint density at radius 1 is 1.38 bits per heavy atom. The van der Waals surface area contributed by atoms with E-state index in [0.717, 1.165) is 24.0 Å². The highest BCUT2D eigenvalue weighted by Gasteiger charge is 2.24. The lowest BCUT2D eigenvalue weighted by Gasteiger charge is -2.33. The van der Waals surface area contributed by atoms with Gasteiger partial charge in [0.2, 0.25) is 5.91 Å². The molecule has 1 amide bonds. The van der Waals surface area contributed by atoms with Gasteiger partial charge in [0.25, 0.3) is 0 Å². The number of ether oxygens (including phenoxy) is 1. The van der Waals surface area contributed by atoms with Crippen LogP contribution in [-0.2, 0) is 14.3 Å². The first-order valence-electron chi connectivity index (χ1n) is 8.01. The van der Waals surface area contributed by atoms with E-state index in [1.807, 2.05) is 19.1 Å². The van der Waals surface area contributed by atoms with Crippen LogP contribution in [-0.4, -0.2) is 47.7 Å². The van der Waals surface area contributed by atoms with Crippen molar-refractivity contribution in [2.45, 2.75) is 32.2 Å². The Morgan fingerprint density at radius 3 is 2.71 bits per heavy atom. The minimum absolute atomic E-state index is 0.0249. The second-order valence-electron chi connectivity index (χ2n) is 5.86. The zero-order valence-electron chi connectivity index (χ0n) is 13.7. The van der Waals surface area contributed by atoms with Gasteiger partial charge in [-0.2, -0.15) is 0 Å². The third-order valence-electron chi connectivity index (χ3n) is 4.10. The number of hydrogen-bond acceptors (Lipinski definition) is 3. The Balaban J connectivity index is 2.08. The number of benzene rings is 1. The van der Waals surface area contributed by atoms with E-state index in [0.29, 0.717) is 18.2 Å². The fourth-order valence-electron chi connectivity index (χ4n) is 2.66. The van der Waals surface area contributed by atoms with Gasteiger partial charge in [-0.05, 0) is 43.0 Å². The maximum Gasteiger partial charge on any atom is 0.305 e. The standard InChI is InChI=1S/C18H22ClNO4/c1-13-2-3-14(12-16(13)19)4-5-17(21)20(9-6-18(22)23)15-7-10-24-11-8-15/h2-5,12,15H,6-11H2,1H3,(H,22,23)/b5-4+. The number of amides is 1. The Kier molecular flexibility index (Phi) is 6.82. The van der Waals surface area contributed by atoms with Crippen molar-refractivity contribution in [3.63, 3.8) is 0 Å². The lowest BCUT2D eigenvalue weighted by molar-refractivity contribution is -0.138. The molecule has 0 bridgehead atoms. The first-order chi connectivity index (χ1) is 11.5. The van der Waals surface area contributed by atoms with Crippen molar-refractivity contribution in [2.24, 2.45) is 0 Å². The van der Waals surface area contributed by atoms with Crippen LogP contribution in [0.15, 0.2) is 24.3 Å². The summed E-state index contributed by atoms with van der Waals surface area (Å²) >= 11 is 6.09. The third kappa shape index (κ3) is 5.35. The molecule has 24 heavy (non-hydrogen) atoms. The normalized spacial score (nSPS) is 15.6. The van der Waals surface area contributed by atoms with Crippen molar-refractivity contribution in [3.8, 4) is 0 Å². The van der Waals surface area contributed by atoms with Crippen LogP contribution in [0.4, 0.5) is 0 Å². The van der Waals surface area contributed by atoms with Gasteiger partial charge in [0.1, 0.15) is 0 Å². The number of hydrogen-bond donors (Lipinski definition) is 1. The van der Waals surface area contributed by atoms with E-state index in [9.17, 15) is 9.59 Å².